The Morgan fingerprint density at radius 1 is 0.659 bits per heavy atom. The van der Waals surface area contributed by atoms with E-state index in [2.05, 4.69) is 16.0 Å². The number of carbonyl (C=O) groups is 3. The SMILES string of the molecule is CC(CNC(=O)c1cc(O)c(=O)n(C)c1)N(CCNC(=O)c1cc(O)c(=O)n(C)c1)CCNC(=O)c1cc(O)c(=O)n(C)c1. The Hall–Kier alpha value is -5.38. The molecule has 0 fully saturated rings. The quantitative estimate of drug-likeness (QED) is 0.134. The molecule has 6 N–H and O–H groups in total. The first kappa shape index (κ1) is 33.1. The number of nitrogens with zero attached hydrogens (tertiary/aromatic N) is 4. The third-order valence-electron chi connectivity index (χ3n) is 6.83. The fraction of sp³-hybridized carbons (Fsp3) is 0.357. The van der Waals surface area contributed by atoms with Crippen LogP contribution in [0.15, 0.2) is 51.2 Å². The van der Waals surface area contributed by atoms with E-state index < -0.39 is 51.6 Å². The average Bonchev–Trinajstić information content (AvgIpc) is 2.97. The van der Waals surface area contributed by atoms with Crippen molar-refractivity contribution in [3.05, 3.63) is 84.5 Å². The van der Waals surface area contributed by atoms with E-state index in [0.29, 0.717) is 0 Å². The molecule has 0 spiro atoms. The molecule has 0 saturated heterocycles. The number of nitrogens with one attached hydrogen (secondary N) is 3. The van der Waals surface area contributed by atoms with Crippen LogP contribution in [0, 0.1) is 0 Å². The van der Waals surface area contributed by atoms with Crippen LogP contribution >= 0.6 is 0 Å². The molecule has 0 aliphatic rings. The lowest BCUT2D eigenvalue weighted by molar-refractivity contribution is 0.0928. The molecule has 1 unspecified atom stereocenters. The predicted molar refractivity (Wildman–Crippen MR) is 158 cm³/mol. The van der Waals surface area contributed by atoms with Crippen molar-refractivity contribution in [1.29, 1.82) is 0 Å². The Balaban J connectivity index is 1.67. The molecule has 3 heterocycles. The van der Waals surface area contributed by atoms with E-state index in [1.165, 1.54) is 39.7 Å². The van der Waals surface area contributed by atoms with Crippen molar-refractivity contribution in [1.82, 2.24) is 34.6 Å². The van der Waals surface area contributed by atoms with Gasteiger partial charge in [-0.15, -0.1) is 0 Å². The summed E-state index contributed by atoms with van der Waals surface area (Å²) in [6.45, 7) is 2.69. The second kappa shape index (κ2) is 14.2. The number of carbonyl (C=O) groups excluding carboxylic acids is 3. The maximum Gasteiger partial charge on any atom is 0.292 e. The van der Waals surface area contributed by atoms with E-state index in [1.807, 2.05) is 4.90 Å². The lowest BCUT2D eigenvalue weighted by Gasteiger charge is -2.29. The van der Waals surface area contributed by atoms with Crippen LogP contribution in [0.25, 0.3) is 0 Å². The molecule has 3 amide bonds. The minimum Gasteiger partial charge on any atom is -0.503 e. The summed E-state index contributed by atoms with van der Waals surface area (Å²) in [5.41, 5.74) is -1.72. The summed E-state index contributed by atoms with van der Waals surface area (Å²) in [7, 11) is 4.20. The summed E-state index contributed by atoms with van der Waals surface area (Å²) < 4.78 is 3.25. The zero-order valence-corrected chi connectivity index (χ0v) is 24.7. The lowest BCUT2D eigenvalue weighted by Crippen LogP contribution is -2.48. The molecule has 3 aromatic heterocycles. The molecule has 0 bridgehead atoms. The maximum absolute atomic E-state index is 12.7. The van der Waals surface area contributed by atoms with Crippen LogP contribution in [0.4, 0.5) is 0 Å². The fourth-order valence-electron chi connectivity index (χ4n) is 4.31. The topological polar surface area (TPSA) is 217 Å². The van der Waals surface area contributed by atoms with Crippen LogP contribution in [0.2, 0.25) is 0 Å². The van der Waals surface area contributed by atoms with Gasteiger partial charge >= 0.3 is 0 Å². The molecule has 16 nitrogen and oxygen atoms in total. The van der Waals surface area contributed by atoms with Gasteiger partial charge < -0.3 is 45.0 Å². The van der Waals surface area contributed by atoms with Crippen molar-refractivity contribution >= 4 is 17.7 Å². The van der Waals surface area contributed by atoms with Gasteiger partial charge in [0, 0.05) is 78.5 Å². The van der Waals surface area contributed by atoms with Gasteiger partial charge in [0.2, 0.25) is 0 Å². The molecule has 0 aliphatic heterocycles. The first-order valence-corrected chi connectivity index (χ1v) is 13.5. The van der Waals surface area contributed by atoms with E-state index in [1.54, 1.807) is 6.92 Å². The zero-order chi connectivity index (χ0) is 32.7. The molecular weight excluding hydrogens is 578 g/mol. The summed E-state index contributed by atoms with van der Waals surface area (Å²) in [4.78, 5) is 75.0. The Kier molecular flexibility index (Phi) is 10.7. The highest BCUT2D eigenvalue weighted by atomic mass is 16.3. The second-order valence-corrected chi connectivity index (χ2v) is 10.2. The van der Waals surface area contributed by atoms with Crippen molar-refractivity contribution in [2.45, 2.75) is 13.0 Å². The Bertz CT molecular complexity index is 1580. The third-order valence-corrected chi connectivity index (χ3v) is 6.83. The molecule has 236 valence electrons. The summed E-state index contributed by atoms with van der Waals surface area (Å²) in [6.07, 6.45) is 3.87. The van der Waals surface area contributed by atoms with Crippen LogP contribution < -0.4 is 32.6 Å². The Morgan fingerprint density at radius 3 is 1.30 bits per heavy atom. The monoisotopic (exact) mass is 613 g/mol. The standard InChI is InChI=1S/C28H35N7O9/c1-16(12-31-25(41)19-11-22(38)28(44)34(4)15-19)35(7-5-29-23(39)17-9-20(36)26(42)32(2)13-17)8-6-30-24(40)18-10-21(37)27(43)33(3)14-18/h9-11,13-16,36-38H,5-8,12H2,1-4H3,(H,29,39)(H,30,40)(H,31,41). The van der Waals surface area contributed by atoms with Crippen molar-refractivity contribution in [3.8, 4) is 17.2 Å². The van der Waals surface area contributed by atoms with Crippen LogP contribution in [-0.2, 0) is 21.1 Å². The highest BCUT2D eigenvalue weighted by Crippen LogP contribution is 2.08. The number of rotatable bonds is 12. The smallest absolute Gasteiger partial charge is 0.292 e. The molecule has 3 rings (SSSR count). The third kappa shape index (κ3) is 8.13. The largest absolute Gasteiger partial charge is 0.503 e. The average molecular weight is 614 g/mol. The number of aromatic nitrogens is 3. The molecule has 0 saturated carbocycles. The number of amides is 3. The van der Waals surface area contributed by atoms with Gasteiger partial charge in [-0.25, -0.2) is 0 Å². The van der Waals surface area contributed by atoms with Crippen molar-refractivity contribution in [3.63, 3.8) is 0 Å². The van der Waals surface area contributed by atoms with Crippen molar-refractivity contribution in [2.24, 2.45) is 21.1 Å². The highest BCUT2D eigenvalue weighted by molar-refractivity contribution is 5.95. The van der Waals surface area contributed by atoms with Gasteiger partial charge in [-0.05, 0) is 25.1 Å². The molecule has 0 radical (unpaired) electrons. The van der Waals surface area contributed by atoms with Gasteiger partial charge in [-0.2, -0.15) is 0 Å². The summed E-state index contributed by atoms with van der Waals surface area (Å²) >= 11 is 0. The van der Waals surface area contributed by atoms with Crippen LogP contribution in [0.1, 0.15) is 38.0 Å². The van der Waals surface area contributed by atoms with Crippen LogP contribution in [-0.4, -0.2) is 90.4 Å². The van der Waals surface area contributed by atoms with Gasteiger partial charge in [-0.3, -0.25) is 33.7 Å². The number of hydrogen-bond acceptors (Lipinski definition) is 10. The maximum atomic E-state index is 12.7. The van der Waals surface area contributed by atoms with E-state index >= 15 is 0 Å². The number of hydrogen-bond donors (Lipinski definition) is 6. The second-order valence-electron chi connectivity index (χ2n) is 10.2. The molecule has 0 aliphatic carbocycles. The summed E-state index contributed by atoms with van der Waals surface area (Å²) in [5, 5.41) is 37.5. The molecule has 3 aromatic rings. The van der Waals surface area contributed by atoms with E-state index in [4.69, 9.17) is 0 Å². The number of aromatic hydroxyl groups is 3. The fourth-order valence-corrected chi connectivity index (χ4v) is 4.31. The number of pyridine rings is 3. The first-order valence-electron chi connectivity index (χ1n) is 13.5. The highest BCUT2D eigenvalue weighted by Gasteiger charge is 2.18. The van der Waals surface area contributed by atoms with Gasteiger partial charge in [0.25, 0.3) is 34.4 Å². The Labute approximate surface area is 250 Å². The van der Waals surface area contributed by atoms with E-state index in [-0.39, 0.29) is 55.5 Å². The van der Waals surface area contributed by atoms with Crippen molar-refractivity contribution < 1.29 is 29.7 Å². The van der Waals surface area contributed by atoms with Gasteiger partial charge in [-0.1, -0.05) is 0 Å². The molecular formula is C28H35N7O9. The normalized spacial score (nSPS) is 11.7. The first-order chi connectivity index (χ1) is 20.7. The summed E-state index contributed by atoms with van der Waals surface area (Å²) in [5.74, 6) is -3.31. The van der Waals surface area contributed by atoms with Crippen LogP contribution in [0.3, 0.4) is 0 Å². The molecule has 16 heteroatoms. The van der Waals surface area contributed by atoms with Gasteiger partial charge in [0.05, 0.1) is 16.7 Å². The number of aryl methyl sites for hydroxylation is 3. The molecule has 44 heavy (non-hydrogen) atoms. The minimum atomic E-state index is -0.647. The van der Waals surface area contributed by atoms with Gasteiger partial charge in [0.15, 0.2) is 17.2 Å². The van der Waals surface area contributed by atoms with Gasteiger partial charge in [0.1, 0.15) is 0 Å². The minimum absolute atomic E-state index is 0.0731. The molecule has 1 atom stereocenters. The van der Waals surface area contributed by atoms with E-state index in [0.717, 1.165) is 31.9 Å². The zero-order valence-electron chi connectivity index (χ0n) is 24.7. The molecule has 0 aromatic carbocycles. The predicted octanol–water partition coefficient (Wildman–Crippen LogP) is -1.82. The van der Waals surface area contributed by atoms with Crippen molar-refractivity contribution in [2.75, 3.05) is 32.7 Å². The summed E-state index contributed by atoms with van der Waals surface area (Å²) in [6, 6.07) is 2.87. The van der Waals surface area contributed by atoms with E-state index in [9.17, 15) is 44.1 Å². The lowest BCUT2D eigenvalue weighted by atomic mass is 10.2. The van der Waals surface area contributed by atoms with Crippen LogP contribution in [0.5, 0.6) is 17.2 Å². The Morgan fingerprint density at radius 2 is 0.977 bits per heavy atom.